The second kappa shape index (κ2) is 8.02. The number of nitrogens with zero attached hydrogens (tertiary/aromatic N) is 2. The average molecular weight is 416 g/mol. The quantitative estimate of drug-likeness (QED) is 0.635. The Bertz CT molecular complexity index is 1210. The fourth-order valence-corrected chi connectivity index (χ4v) is 4.34. The fourth-order valence-electron chi connectivity index (χ4n) is 4.34. The summed E-state index contributed by atoms with van der Waals surface area (Å²) in [6.07, 6.45) is 3.85. The zero-order valence-corrected chi connectivity index (χ0v) is 17.5. The molecule has 2 aliphatic rings. The van der Waals surface area contributed by atoms with Crippen LogP contribution in [0.3, 0.4) is 0 Å². The summed E-state index contributed by atoms with van der Waals surface area (Å²) in [4.78, 5) is 25.9. The van der Waals surface area contributed by atoms with Crippen molar-refractivity contribution in [2.45, 2.75) is 45.6 Å². The summed E-state index contributed by atoms with van der Waals surface area (Å²) in [5, 5.41) is 4.66. The zero-order chi connectivity index (χ0) is 21.4. The lowest BCUT2D eigenvalue weighted by Crippen LogP contribution is -2.33. The van der Waals surface area contributed by atoms with E-state index in [2.05, 4.69) is 5.10 Å². The third-order valence-corrected chi connectivity index (χ3v) is 5.96. The number of ether oxygens (including phenoxy) is 2. The second-order valence-electron chi connectivity index (χ2n) is 8.24. The SMILES string of the molecule is Cc1ccc(-c2nn(CC(=O)Cc3ccc4c(c3)OCO4)c(=O)c3c2CCCC3)cc1. The molecule has 1 aromatic heterocycles. The van der Waals surface area contributed by atoms with E-state index in [1.807, 2.05) is 49.4 Å². The van der Waals surface area contributed by atoms with E-state index in [-0.39, 0.29) is 31.1 Å². The molecule has 0 amide bonds. The predicted molar refractivity (Wildman–Crippen MR) is 117 cm³/mol. The molecule has 158 valence electrons. The molecule has 0 fully saturated rings. The standard InChI is InChI=1S/C25H24N2O4/c1-16-6-9-18(10-7-16)24-20-4-2-3-5-21(20)25(29)27(26-24)14-19(28)12-17-8-11-22-23(13-17)31-15-30-22/h6-11,13H,2-5,12,14-15H2,1H3. The van der Waals surface area contributed by atoms with Gasteiger partial charge in [-0.25, -0.2) is 4.68 Å². The molecule has 2 heterocycles. The molecule has 31 heavy (non-hydrogen) atoms. The van der Waals surface area contributed by atoms with E-state index < -0.39 is 0 Å². The van der Waals surface area contributed by atoms with Gasteiger partial charge in [-0.3, -0.25) is 9.59 Å². The number of aryl methyl sites for hydroxylation is 1. The number of carbonyl (C=O) groups is 1. The van der Waals surface area contributed by atoms with Gasteiger partial charge in [0.15, 0.2) is 17.3 Å². The molecule has 0 bridgehead atoms. The highest BCUT2D eigenvalue weighted by molar-refractivity contribution is 5.81. The van der Waals surface area contributed by atoms with Crippen LogP contribution in [0, 0.1) is 6.92 Å². The highest BCUT2D eigenvalue weighted by Gasteiger charge is 2.22. The van der Waals surface area contributed by atoms with Crippen LogP contribution in [0.15, 0.2) is 47.3 Å². The van der Waals surface area contributed by atoms with Crippen molar-refractivity contribution >= 4 is 5.78 Å². The topological polar surface area (TPSA) is 70.4 Å². The van der Waals surface area contributed by atoms with Gasteiger partial charge in [0.2, 0.25) is 6.79 Å². The van der Waals surface area contributed by atoms with Crippen molar-refractivity contribution in [1.29, 1.82) is 0 Å². The smallest absolute Gasteiger partial charge is 0.270 e. The maximum Gasteiger partial charge on any atom is 0.270 e. The molecule has 0 unspecified atom stereocenters. The van der Waals surface area contributed by atoms with Crippen molar-refractivity contribution in [2.24, 2.45) is 0 Å². The Kier molecular flexibility index (Phi) is 5.06. The molecule has 3 aromatic rings. The van der Waals surface area contributed by atoms with Crippen molar-refractivity contribution in [2.75, 3.05) is 6.79 Å². The number of fused-ring (bicyclic) bond motifs is 2. The Morgan fingerprint density at radius 3 is 2.55 bits per heavy atom. The maximum absolute atomic E-state index is 13.1. The normalized spacial score (nSPS) is 14.4. The summed E-state index contributed by atoms with van der Waals surface area (Å²) >= 11 is 0. The van der Waals surface area contributed by atoms with E-state index in [4.69, 9.17) is 9.47 Å². The predicted octanol–water partition coefficient (Wildman–Crippen LogP) is 3.64. The Morgan fingerprint density at radius 1 is 1.00 bits per heavy atom. The van der Waals surface area contributed by atoms with Crippen LogP contribution < -0.4 is 15.0 Å². The van der Waals surface area contributed by atoms with Gasteiger partial charge in [-0.1, -0.05) is 35.9 Å². The summed E-state index contributed by atoms with van der Waals surface area (Å²) in [6, 6.07) is 13.7. The van der Waals surface area contributed by atoms with Crippen LogP contribution in [0.25, 0.3) is 11.3 Å². The highest BCUT2D eigenvalue weighted by atomic mass is 16.7. The van der Waals surface area contributed by atoms with Crippen LogP contribution in [0.2, 0.25) is 0 Å². The van der Waals surface area contributed by atoms with Crippen molar-refractivity contribution in [1.82, 2.24) is 9.78 Å². The number of rotatable bonds is 5. The van der Waals surface area contributed by atoms with E-state index in [9.17, 15) is 9.59 Å². The van der Waals surface area contributed by atoms with E-state index in [1.165, 1.54) is 10.2 Å². The summed E-state index contributed by atoms with van der Waals surface area (Å²) in [7, 11) is 0. The molecule has 6 heteroatoms. The van der Waals surface area contributed by atoms with Gasteiger partial charge < -0.3 is 9.47 Å². The molecule has 0 N–H and O–H groups in total. The van der Waals surface area contributed by atoms with Crippen LogP contribution in [0.1, 0.15) is 35.1 Å². The van der Waals surface area contributed by atoms with E-state index in [1.54, 1.807) is 0 Å². The van der Waals surface area contributed by atoms with Crippen LogP contribution in [0.4, 0.5) is 0 Å². The first-order chi connectivity index (χ1) is 15.1. The molecule has 0 saturated heterocycles. The Balaban J connectivity index is 1.46. The van der Waals surface area contributed by atoms with Gasteiger partial charge in [0, 0.05) is 17.5 Å². The van der Waals surface area contributed by atoms with Gasteiger partial charge in [-0.05, 0) is 55.9 Å². The number of benzene rings is 2. The first kappa shape index (κ1) is 19.5. The monoisotopic (exact) mass is 416 g/mol. The molecule has 6 nitrogen and oxygen atoms in total. The van der Waals surface area contributed by atoms with Gasteiger partial charge in [0.25, 0.3) is 5.56 Å². The van der Waals surface area contributed by atoms with E-state index in [0.29, 0.717) is 11.5 Å². The summed E-state index contributed by atoms with van der Waals surface area (Å²) in [5.74, 6) is 1.27. The Labute approximate surface area is 180 Å². The van der Waals surface area contributed by atoms with Gasteiger partial charge in [-0.15, -0.1) is 0 Å². The molecule has 0 radical (unpaired) electrons. The summed E-state index contributed by atoms with van der Waals surface area (Å²) < 4.78 is 12.1. The maximum atomic E-state index is 13.1. The molecule has 0 saturated carbocycles. The third kappa shape index (κ3) is 3.85. The lowest BCUT2D eigenvalue weighted by atomic mass is 9.89. The average Bonchev–Trinajstić information content (AvgIpc) is 3.24. The molecule has 5 rings (SSSR count). The van der Waals surface area contributed by atoms with E-state index in [0.717, 1.165) is 53.6 Å². The van der Waals surface area contributed by atoms with Crippen molar-refractivity contribution in [3.63, 3.8) is 0 Å². The zero-order valence-electron chi connectivity index (χ0n) is 17.5. The molecular formula is C25H24N2O4. The number of aromatic nitrogens is 2. The van der Waals surface area contributed by atoms with Crippen molar-refractivity contribution < 1.29 is 14.3 Å². The van der Waals surface area contributed by atoms with Gasteiger partial charge in [0.1, 0.15) is 6.54 Å². The molecule has 1 aliphatic heterocycles. The van der Waals surface area contributed by atoms with Crippen molar-refractivity contribution in [3.05, 3.63) is 75.1 Å². The second-order valence-corrected chi connectivity index (χ2v) is 8.24. The lowest BCUT2D eigenvalue weighted by molar-refractivity contribution is -0.119. The van der Waals surface area contributed by atoms with Crippen LogP contribution >= 0.6 is 0 Å². The lowest BCUT2D eigenvalue weighted by Gasteiger charge is -2.20. The number of hydrogen-bond donors (Lipinski definition) is 0. The van der Waals surface area contributed by atoms with Gasteiger partial charge in [0.05, 0.1) is 5.69 Å². The van der Waals surface area contributed by atoms with Crippen molar-refractivity contribution in [3.8, 4) is 22.8 Å². The van der Waals surface area contributed by atoms with Crippen LogP contribution in [0.5, 0.6) is 11.5 Å². The highest BCUT2D eigenvalue weighted by Crippen LogP contribution is 2.33. The minimum absolute atomic E-state index is 0.0422. The minimum Gasteiger partial charge on any atom is -0.454 e. The molecular weight excluding hydrogens is 392 g/mol. The number of Topliss-reactive ketones (excluding diaryl/α,β-unsaturated/α-hetero) is 1. The van der Waals surface area contributed by atoms with E-state index >= 15 is 0 Å². The summed E-state index contributed by atoms with van der Waals surface area (Å²) in [5.41, 5.74) is 5.53. The number of hydrogen-bond acceptors (Lipinski definition) is 5. The molecule has 2 aromatic carbocycles. The largest absolute Gasteiger partial charge is 0.454 e. The first-order valence-corrected chi connectivity index (χ1v) is 10.7. The minimum atomic E-state index is -0.135. The molecule has 1 aliphatic carbocycles. The molecule has 0 spiro atoms. The Hall–Kier alpha value is -3.41. The van der Waals surface area contributed by atoms with Crippen LogP contribution in [-0.2, 0) is 30.6 Å². The van der Waals surface area contributed by atoms with Gasteiger partial charge in [-0.2, -0.15) is 5.10 Å². The number of carbonyl (C=O) groups excluding carboxylic acids is 1. The first-order valence-electron chi connectivity index (χ1n) is 10.7. The summed E-state index contributed by atoms with van der Waals surface area (Å²) in [6.45, 7) is 2.20. The number of ketones is 1. The Morgan fingerprint density at radius 2 is 1.74 bits per heavy atom. The third-order valence-electron chi connectivity index (χ3n) is 5.96. The van der Waals surface area contributed by atoms with Gasteiger partial charge >= 0.3 is 0 Å². The van der Waals surface area contributed by atoms with Crippen LogP contribution in [-0.4, -0.2) is 22.4 Å². The molecule has 0 atom stereocenters. The fraction of sp³-hybridized carbons (Fsp3) is 0.320.